The molecule has 2 rings (SSSR count). The zero-order chi connectivity index (χ0) is 10.7. The predicted octanol–water partition coefficient (Wildman–Crippen LogP) is 2.41. The molecule has 2 aromatic rings. The van der Waals surface area contributed by atoms with Gasteiger partial charge < -0.3 is 4.42 Å². The molecule has 1 aromatic heterocycles. The van der Waals surface area contributed by atoms with Crippen molar-refractivity contribution in [2.24, 2.45) is 0 Å². The van der Waals surface area contributed by atoms with E-state index in [1.54, 1.807) is 6.92 Å². The van der Waals surface area contributed by atoms with Gasteiger partial charge in [-0.15, -0.1) is 0 Å². The highest BCUT2D eigenvalue weighted by Crippen LogP contribution is 2.07. The lowest BCUT2D eigenvalue weighted by Gasteiger charge is -1.96. The normalized spacial score (nSPS) is 10.2. The van der Waals surface area contributed by atoms with Crippen molar-refractivity contribution >= 4 is 5.78 Å². The Bertz CT molecular complexity index is 459. The Morgan fingerprint density at radius 3 is 2.67 bits per heavy atom. The van der Waals surface area contributed by atoms with Crippen LogP contribution in [0.2, 0.25) is 0 Å². The standard InChI is InChI=1S/C12H11NO2/c1-9-13-11(8-15-9)12(14)7-10-5-3-2-4-6-10/h2-6,8H,7H2,1H3. The van der Waals surface area contributed by atoms with Crippen molar-refractivity contribution in [1.29, 1.82) is 0 Å². The summed E-state index contributed by atoms with van der Waals surface area (Å²) in [5.74, 6) is 0.504. The minimum absolute atomic E-state index is 0.0157. The number of benzene rings is 1. The second-order valence-corrected chi connectivity index (χ2v) is 3.34. The van der Waals surface area contributed by atoms with E-state index in [4.69, 9.17) is 4.42 Å². The van der Waals surface area contributed by atoms with Crippen LogP contribution in [0.5, 0.6) is 0 Å². The van der Waals surface area contributed by atoms with Gasteiger partial charge in [-0.25, -0.2) is 4.98 Å². The second-order valence-electron chi connectivity index (χ2n) is 3.34. The molecule has 0 aliphatic heterocycles. The molecule has 0 fully saturated rings. The molecule has 0 N–H and O–H groups in total. The fourth-order valence-corrected chi connectivity index (χ4v) is 1.36. The summed E-state index contributed by atoms with van der Waals surface area (Å²) in [7, 11) is 0. The van der Waals surface area contributed by atoms with Crippen LogP contribution in [0.1, 0.15) is 21.9 Å². The first-order chi connectivity index (χ1) is 7.25. The molecule has 0 atom stereocenters. The van der Waals surface area contributed by atoms with Crippen LogP contribution in [0.15, 0.2) is 41.0 Å². The van der Waals surface area contributed by atoms with E-state index >= 15 is 0 Å². The van der Waals surface area contributed by atoms with Crippen LogP contribution in [0, 0.1) is 6.92 Å². The number of ketones is 1. The Kier molecular flexibility index (Phi) is 2.63. The zero-order valence-corrected chi connectivity index (χ0v) is 8.43. The van der Waals surface area contributed by atoms with Crippen LogP contribution < -0.4 is 0 Å². The van der Waals surface area contributed by atoms with Crippen LogP contribution in [0.3, 0.4) is 0 Å². The molecule has 0 amide bonds. The minimum Gasteiger partial charge on any atom is -0.449 e. The van der Waals surface area contributed by atoms with Crippen LogP contribution >= 0.6 is 0 Å². The van der Waals surface area contributed by atoms with Gasteiger partial charge in [0, 0.05) is 13.3 Å². The molecule has 0 spiro atoms. The van der Waals surface area contributed by atoms with E-state index in [0.29, 0.717) is 18.0 Å². The number of carbonyl (C=O) groups excluding carboxylic acids is 1. The van der Waals surface area contributed by atoms with Crippen molar-refractivity contribution < 1.29 is 9.21 Å². The van der Waals surface area contributed by atoms with Crippen molar-refractivity contribution in [3.05, 3.63) is 53.7 Å². The molecular weight excluding hydrogens is 190 g/mol. The van der Waals surface area contributed by atoms with Gasteiger partial charge in [0.25, 0.3) is 0 Å². The largest absolute Gasteiger partial charge is 0.449 e. The number of hydrogen-bond acceptors (Lipinski definition) is 3. The smallest absolute Gasteiger partial charge is 0.191 e. The van der Waals surface area contributed by atoms with Crippen LogP contribution in [0.25, 0.3) is 0 Å². The Hall–Kier alpha value is -1.90. The fourth-order valence-electron chi connectivity index (χ4n) is 1.36. The SMILES string of the molecule is Cc1nc(C(=O)Cc2ccccc2)co1. The van der Waals surface area contributed by atoms with Gasteiger partial charge >= 0.3 is 0 Å². The number of Topliss-reactive ketones (excluding diaryl/α,β-unsaturated/α-hetero) is 1. The number of rotatable bonds is 3. The Morgan fingerprint density at radius 1 is 1.33 bits per heavy atom. The third kappa shape index (κ3) is 2.31. The van der Waals surface area contributed by atoms with Gasteiger partial charge in [-0.2, -0.15) is 0 Å². The van der Waals surface area contributed by atoms with Gasteiger partial charge in [-0.1, -0.05) is 30.3 Å². The van der Waals surface area contributed by atoms with Gasteiger partial charge in [-0.3, -0.25) is 4.79 Å². The van der Waals surface area contributed by atoms with Crippen molar-refractivity contribution in [2.75, 3.05) is 0 Å². The Balaban J connectivity index is 2.11. The summed E-state index contributed by atoms with van der Waals surface area (Å²) in [5.41, 5.74) is 1.39. The fraction of sp³-hybridized carbons (Fsp3) is 0.167. The van der Waals surface area contributed by atoms with Crippen molar-refractivity contribution in [3.8, 4) is 0 Å². The maximum Gasteiger partial charge on any atom is 0.191 e. The van der Waals surface area contributed by atoms with E-state index in [2.05, 4.69) is 4.98 Å². The third-order valence-electron chi connectivity index (χ3n) is 2.11. The van der Waals surface area contributed by atoms with Crippen molar-refractivity contribution in [1.82, 2.24) is 4.98 Å². The van der Waals surface area contributed by atoms with E-state index in [0.717, 1.165) is 5.56 Å². The lowest BCUT2D eigenvalue weighted by atomic mass is 10.1. The average molecular weight is 201 g/mol. The summed E-state index contributed by atoms with van der Waals surface area (Å²) in [6.45, 7) is 1.72. The van der Waals surface area contributed by atoms with Crippen LogP contribution in [0.4, 0.5) is 0 Å². The highest BCUT2D eigenvalue weighted by molar-refractivity contribution is 5.95. The highest BCUT2D eigenvalue weighted by Gasteiger charge is 2.10. The number of aromatic nitrogens is 1. The molecule has 0 unspecified atom stereocenters. The number of carbonyl (C=O) groups is 1. The topological polar surface area (TPSA) is 43.1 Å². The molecule has 0 bridgehead atoms. The van der Waals surface area contributed by atoms with Gasteiger partial charge in [0.2, 0.25) is 0 Å². The molecule has 15 heavy (non-hydrogen) atoms. The molecule has 0 radical (unpaired) electrons. The minimum atomic E-state index is -0.0157. The molecule has 0 saturated heterocycles. The maximum atomic E-state index is 11.7. The third-order valence-corrected chi connectivity index (χ3v) is 2.11. The highest BCUT2D eigenvalue weighted by atomic mass is 16.3. The average Bonchev–Trinajstić information content (AvgIpc) is 2.66. The van der Waals surface area contributed by atoms with Crippen LogP contribution in [-0.2, 0) is 6.42 Å². The summed E-state index contributed by atoms with van der Waals surface area (Å²) in [5, 5.41) is 0. The molecule has 0 saturated carbocycles. The number of oxazole rings is 1. The van der Waals surface area contributed by atoms with E-state index in [1.807, 2.05) is 30.3 Å². The van der Waals surface area contributed by atoms with E-state index in [9.17, 15) is 4.79 Å². The van der Waals surface area contributed by atoms with E-state index in [-0.39, 0.29) is 5.78 Å². The first-order valence-electron chi connectivity index (χ1n) is 4.75. The maximum absolute atomic E-state index is 11.7. The summed E-state index contributed by atoms with van der Waals surface area (Å²) in [6.07, 6.45) is 1.77. The van der Waals surface area contributed by atoms with Gasteiger partial charge in [-0.05, 0) is 5.56 Å². The Morgan fingerprint density at radius 2 is 2.07 bits per heavy atom. The molecule has 76 valence electrons. The van der Waals surface area contributed by atoms with Gasteiger partial charge in [0.05, 0.1) is 0 Å². The summed E-state index contributed by atoms with van der Waals surface area (Å²) in [6, 6.07) is 9.59. The second kappa shape index (κ2) is 4.09. The first kappa shape index (κ1) is 9.65. The van der Waals surface area contributed by atoms with Gasteiger partial charge in [0.15, 0.2) is 11.7 Å². The molecule has 1 aromatic carbocycles. The molecule has 3 heteroatoms. The number of hydrogen-bond donors (Lipinski definition) is 0. The summed E-state index contributed by atoms with van der Waals surface area (Å²) >= 11 is 0. The number of aryl methyl sites for hydroxylation is 1. The van der Waals surface area contributed by atoms with Gasteiger partial charge in [0.1, 0.15) is 12.0 Å². The van der Waals surface area contributed by atoms with Crippen molar-refractivity contribution in [3.63, 3.8) is 0 Å². The van der Waals surface area contributed by atoms with Crippen molar-refractivity contribution in [2.45, 2.75) is 13.3 Å². The van der Waals surface area contributed by atoms with E-state index in [1.165, 1.54) is 6.26 Å². The Labute approximate surface area is 87.8 Å². The molecule has 0 aliphatic carbocycles. The molecule has 0 aliphatic rings. The monoisotopic (exact) mass is 201 g/mol. The van der Waals surface area contributed by atoms with E-state index < -0.39 is 0 Å². The molecule has 3 nitrogen and oxygen atoms in total. The first-order valence-corrected chi connectivity index (χ1v) is 4.75. The summed E-state index contributed by atoms with van der Waals surface area (Å²) in [4.78, 5) is 15.7. The lowest BCUT2D eigenvalue weighted by molar-refractivity contribution is 0.0988. The quantitative estimate of drug-likeness (QED) is 0.716. The number of nitrogens with zero attached hydrogens (tertiary/aromatic N) is 1. The zero-order valence-electron chi connectivity index (χ0n) is 8.43. The summed E-state index contributed by atoms with van der Waals surface area (Å²) < 4.78 is 4.99. The molecular formula is C12H11NO2. The predicted molar refractivity (Wildman–Crippen MR) is 55.7 cm³/mol. The lowest BCUT2D eigenvalue weighted by Crippen LogP contribution is -2.03. The van der Waals surface area contributed by atoms with Crippen LogP contribution in [-0.4, -0.2) is 10.8 Å². The molecule has 1 heterocycles.